The van der Waals surface area contributed by atoms with Crippen molar-refractivity contribution in [2.45, 2.75) is 6.42 Å². The van der Waals surface area contributed by atoms with Gasteiger partial charge in [-0.3, -0.25) is 14.4 Å². The van der Waals surface area contributed by atoms with Crippen molar-refractivity contribution in [3.8, 4) is 0 Å². The summed E-state index contributed by atoms with van der Waals surface area (Å²) in [5.74, 6) is -0.771. The molecule has 2 aliphatic heterocycles. The highest BCUT2D eigenvalue weighted by Crippen LogP contribution is 2.26. The number of rotatable bonds is 6. The minimum atomic E-state index is -0.494. The zero-order chi connectivity index (χ0) is 21.1. The number of hydrogen-bond donors (Lipinski definition) is 5. The number of amides is 3. The van der Waals surface area contributed by atoms with Crippen LogP contribution in [0.25, 0.3) is 0 Å². The lowest BCUT2D eigenvalue weighted by atomic mass is 10.1. The van der Waals surface area contributed by atoms with E-state index in [4.69, 9.17) is 5.73 Å². The van der Waals surface area contributed by atoms with Crippen LogP contribution >= 0.6 is 0 Å². The van der Waals surface area contributed by atoms with Crippen LogP contribution in [-0.4, -0.2) is 30.8 Å². The van der Waals surface area contributed by atoms with E-state index in [9.17, 15) is 14.4 Å². The Morgan fingerprint density at radius 3 is 2.83 bits per heavy atom. The largest absolute Gasteiger partial charge is 0.377 e. The number of quaternary nitrogens is 1. The predicted octanol–water partition coefficient (Wildman–Crippen LogP) is 0.527. The third kappa shape index (κ3) is 4.23. The Balaban J connectivity index is 1.46. The van der Waals surface area contributed by atoms with Gasteiger partial charge in [0.2, 0.25) is 5.91 Å². The van der Waals surface area contributed by atoms with Crippen molar-refractivity contribution in [2.24, 2.45) is 5.73 Å². The molecule has 0 spiro atoms. The molecule has 4 rings (SSSR count). The van der Waals surface area contributed by atoms with Gasteiger partial charge in [0.25, 0.3) is 11.8 Å². The Morgan fingerprint density at radius 2 is 2.00 bits per heavy atom. The lowest BCUT2D eigenvalue weighted by Crippen LogP contribution is -2.79. The minimum Gasteiger partial charge on any atom is -0.377 e. The molecule has 0 atom stereocenters. The molecule has 0 aliphatic carbocycles. The van der Waals surface area contributed by atoms with E-state index in [1.807, 2.05) is 35.7 Å². The quantitative estimate of drug-likeness (QED) is 0.450. The molecule has 0 aromatic heterocycles. The summed E-state index contributed by atoms with van der Waals surface area (Å²) in [5.41, 5.74) is 10.3. The molecule has 0 radical (unpaired) electrons. The number of hydrogen-bond acceptors (Lipinski definition) is 4. The van der Waals surface area contributed by atoms with E-state index in [0.29, 0.717) is 36.5 Å². The van der Waals surface area contributed by atoms with Crippen molar-refractivity contribution in [1.82, 2.24) is 5.32 Å². The number of nitrogens with one attached hydrogen (secondary N) is 3. The highest BCUT2D eigenvalue weighted by Gasteiger charge is 2.19. The van der Waals surface area contributed by atoms with Crippen molar-refractivity contribution in [3.05, 3.63) is 77.0 Å². The average molecular weight is 404 g/mol. The average Bonchev–Trinajstić information content (AvgIpc) is 3.12. The second-order valence-electron chi connectivity index (χ2n) is 7.13. The normalized spacial score (nSPS) is 14.7. The monoisotopic (exact) mass is 404 g/mol. The number of carbonyl (C=O) groups is 3. The Labute approximate surface area is 173 Å². The molecule has 0 fully saturated rings. The van der Waals surface area contributed by atoms with Crippen LogP contribution < -0.4 is 27.0 Å². The van der Waals surface area contributed by atoms with Gasteiger partial charge in [-0.2, -0.15) is 0 Å². The molecule has 0 unspecified atom stereocenters. The molecule has 2 heterocycles. The number of nitrogens with two attached hydrogens (primary N) is 2. The Hall–Kier alpha value is -3.91. The van der Waals surface area contributed by atoms with Gasteiger partial charge in [-0.05, 0) is 42.0 Å². The van der Waals surface area contributed by atoms with Crippen molar-refractivity contribution in [3.63, 3.8) is 0 Å². The zero-order valence-corrected chi connectivity index (χ0v) is 16.2. The van der Waals surface area contributed by atoms with Crippen molar-refractivity contribution in [1.29, 1.82) is 0 Å². The first-order chi connectivity index (χ1) is 14.5. The molecule has 0 bridgehead atoms. The van der Waals surface area contributed by atoms with Gasteiger partial charge in [-0.1, -0.05) is 18.2 Å². The van der Waals surface area contributed by atoms with Gasteiger partial charge in [0.15, 0.2) is 0 Å². The lowest BCUT2D eigenvalue weighted by molar-refractivity contribution is -0.562. The molecule has 8 nitrogen and oxygen atoms in total. The maximum Gasteiger partial charge on any atom is 0.264 e. The fourth-order valence-corrected chi connectivity index (χ4v) is 3.50. The van der Waals surface area contributed by atoms with Crippen LogP contribution in [0.2, 0.25) is 0 Å². The molecule has 0 saturated heterocycles. The van der Waals surface area contributed by atoms with E-state index >= 15 is 0 Å². The van der Waals surface area contributed by atoms with Crippen LogP contribution in [-0.2, 0) is 16.0 Å². The summed E-state index contributed by atoms with van der Waals surface area (Å²) in [6.07, 6.45) is 4.02. The molecule has 152 valence electrons. The van der Waals surface area contributed by atoms with Crippen LogP contribution in [0.5, 0.6) is 0 Å². The summed E-state index contributed by atoms with van der Waals surface area (Å²) in [6, 6.07) is 12.7. The van der Waals surface area contributed by atoms with E-state index in [2.05, 4.69) is 16.0 Å². The van der Waals surface area contributed by atoms with Crippen molar-refractivity contribution in [2.75, 3.05) is 23.7 Å². The van der Waals surface area contributed by atoms with E-state index in [1.54, 1.807) is 24.3 Å². The third-order valence-corrected chi connectivity index (χ3v) is 5.00. The number of carbonyl (C=O) groups excluding carboxylic acids is 3. The van der Waals surface area contributed by atoms with Crippen LogP contribution in [0, 0.1) is 0 Å². The summed E-state index contributed by atoms with van der Waals surface area (Å²) in [7, 11) is 0. The Kier molecular flexibility index (Phi) is 5.32. The maximum absolute atomic E-state index is 12.9. The molecule has 30 heavy (non-hydrogen) atoms. The van der Waals surface area contributed by atoms with Gasteiger partial charge in [0.05, 0.1) is 6.42 Å². The highest BCUT2D eigenvalue weighted by molar-refractivity contribution is 6.07. The van der Waals surface area contributed by atoms with Gasteiger partial charge in [0.1, 0.15) is 23.5 Å². The number of anilines is 2. The van der Waals surface area contributed by atoms with Crippen LogP contribution in [0.1, 0.15) is 15.9 Å². The SMILES string of the molecule is NC(=O)C1=CC(C[NH2+]c2ccccc2C(=O)Nc2ccc3c(c2)CC(=O)N3)=CCN1. The molecule has 3 amide bonds. The van der Waals surface area contributed by atoms with Gasteiger partial charge in [0, 0.05) is 23.5 Å². The van der Waals surface area contributed by atoms with Crippen molar-refractivity contribution >= 4 is 34.8 Å². The standard InChI is InChI=1S/C22H21N5O3/c23-21(29)19-9-13(7-8-24-19)12-25-18-4-2-1-3-16(18)22(30)26-15-5-6-17-14(10-15)11-20(28)27-17/h1-7,9-10,24-25H,8,11-12H2,(H2,23,29)(H,26,30)(H,27,28)/p+1. The number of dihydropyridines is 1. The van der Waals surface area contributed by atoms with Gasteiger partial charge in [-0.25, -0.2) is 0 Å². The maximum atomic E-state index is 12.9. The number of primary amides is 1. The Morgan fingerprint density at radius 1 is 1.17 bits per heavy atom. The van der Waals surface area contributed by atoms with Crippen LogP contribution in [0.15, 0.2) is 65.9 Å². The highest BCUT2D eigenvalue weighted by atomic mass is 16.2. The number of fused-ring (bicyclic) bond motifs is 1. The van der Waals surface area contributed by atoms with Crippen LogP contribution in [0.4, 0.5) is 17.1 Å². The number of para-hydroxylation sites is 1. The van der Waals surface area contributed by atoms with Crippen LogP contribution in [0.3, 0.4) is 0 Å². The fourth-order valence-electron chi connectivity index (χ4n) is 3.50. The smallest absolute Gasteiger partial charge is 0.264 e. The first-order valence-electron chi connectivity index (χ1n) is 9.60. The molecule has 2 aromatic carbocycles. The van der Waals surface area contributed by atoms with Gasteiger partial charge in [-0.15, -0.1) is 0 Å². The molecular formula is C22H22N5O3+. The Bertz CT molecular complexity index is 1100. The first-order valence-corrected chi connectivity index (χ1v) is 9.60. The van der Waals surface area contributed by atoms with E-state index in [-0.39, 0.29) is 11.8 Å². The summed E-state index contributed by atoms with van der Waals surface area (Å²) in [6.45, 7) is 1.10. The zero-order valence-electron chi connectivity index (χ0n) is 16.2. The lowest BCUT2D eigenvalue weighted by Gasteiger charge is -2.14. The van der Waals surface area contributed by atoms with E-state index in [0.717, 1.165) is 22.5 Å². The van der Waals surface area contributed by atoms with Gasteiger partial charge < -0.3 is 27.0 Å². The minimum absolute atomic E-state index is 0.0471. The molecule has 7 N–H and O–H groups in total. The third-order valence-electron chi connectivity index (χ3n) is 5.00. The van der Waals surface area contributed by atoms with Gasteiger partial charge >= 0.3 is 0 Å². The fraction of sp³-hybridized carbons (Fsp3) is 0.136. The summed E-state index contributed by atoms with van der Waals surface area (Å²) in [4.78, 5) is 35.8. The second-order valence-corrected chi connectivity index (χ2v) is 7.13. The topological polar surface area (TPSA) is 130 Å². The summed E-state index contributed by atoms with van der Waals surface area (Å²) in [5, 5.41) is 10.6. The molecule has 2 aromatic rings. The van der Waals surface area contributed by atoms with Crippen molar-refractivity contribution < 1.29 is 19.7 Å². The molecule has 8 heteroatoms. The molecular weight excluding hydrogens is 382 g/mol. The van der Waals surface area contributed by atoms with E-state index in [1.165, 1.54) is 0 Å². The first kappa shape index (κ1) is 19.4. The molecule has 2 aliphatic rings. The number of benzene rings is 2. The molecule has 0 saturated carbocycles. The summed E-state index contributed by atoms with van der Waals surface area (Å²) >= 11 is 0. The predicted molar refractivity (Wildman–Crippen MR) is 113 cm³/mol. The second kappa shape index (κ2) is 8.22. The summed E-state index contributed by atoms with van der Waals surface area (Å²) < 4.78 is 0. The van der Waals surface area contributed by atoms with E-state index < -0.39 is 5.91 Å².